The Morgan fingerprint density at radius 3 is 2.06 bits per heavy atom. The average Bonchev–Trinajstić information content (AvgIpc) is 3.50. The fraction of sp³-hybridized carbons (Fsp3) is 0.372. The Labute approximate surface area is 304 Å². The number of carbonyl (C=O) groups is 1. The third kappa shape index (κ3) is 7.51. The summed E-state index contributed by atoms with van der Waals surface area (Å²) in [5.41, 5.74) is 4.00. The maximum Gasteiger partial charge on any atom is 0.221 e. The van der Waals surface area contributed by atoms with Crippen molar-refractivity contribution in [1.29, 1.82) is 0 Å². The van der Waals surface area contributed by atoms with Gasteiger partial charge in [-0.15, -0.1) is 29.1 Å². The van der Waals surface area contributed by atoms with Crippen molar-refractivity contribution in [2.45, 2.75) is 93.4 Å². The minimum absolute atomic E-state index is 0. The fourth-order valence-corrected chi connectivity index (χ4v) is 6.00. The van der Waals surface area contributed by atoms with Crippen LogP contribution in [0.2, 0.25) is 0 Å². The van der Waals surface area contributed by atoms with E-state index in [0.29, 0.717) is 5.71 Å². The Morgan fingerprint density at radius 2 is 1.43 bits per heavy atom. The first-order valence-electron chi connectivity index (χ1n) is 17.3. The van der Waals surface area contributed by atoms with Crippen molar-refractivity contribution in [3.63, 3.8) is 0 Å². The van der Waals surface area contributed by atoms with Gasteiger partial charge in [0.15, 0.2) is 5.78 Å². The van der Waals surface area contributed by atoms with Crippen LogP contribution in [0.5, 0.6) is 0 Å². The summed E-state index contributed by atoms with van der Waals surface area (Å²) in [6.07, 6.45) is 6.33. The Morgan fingerprint density at radius 1 is 0.796 bits per heavy atom. The first-order valence-corrected chi connectivity index (χ1v) is 17.3. The summed E-state index contributed by atoms with van der Waals surface area (Å²) < 4.78 is 6.32. The number of aliphatic hydroxyl groups is 1. The van der Waals surface area contributed by atoms with Gasteiger partial charge >= 0.3 is 0 Å². The molecule has 49 heavy (non-hydrogen) atoms. The fourth-order valence-electron chi connectivity index (χ4n) is 6.00. The summed E-state index contributed by atoms with van der Waals surface area (Å²) in [4.78, 5) is 21.3. The number of rotatable bonds is 8. The van der Waals surface area contributed by atoms with Crippen molar-refractivity contribution < 1.29 is 34.4 Å². The van der Waals surface area contributed by atoms with Crippen LogP contribution in [0.3, 0.4) is 0 Å². The van der Waals surface area contributed by atoms with E-state index in [4.69, 9.17) is 4.42 Å². The summed E-state index contributed by atoms with van der Waals surface area (Å²) in [5, 5.41) is 16.7. The van der Waals surface area contributed by atoms with Crippen LogP contribution in [0.4, 0.5) is 0 Å². The molecular weight excluding hydrogens is 785 g/mol. The summed E-state index contributed by atoms with van der Waals surface area (Å²) in [6.45, 7) is 18.8. The van der Waals surface area contributed by atoms with Gasteiger partial charge in [0.05, 0.1) is 0 Å². The molecule has 0 spiro atoms. The van der Waals surface area contributed by atoms with Crippen molar-refractivity contribution >= 4 is 49.4 Å². The molecule has 0 unspecified atom stereocenters. The van der Waals surface area contributed by atoms with Crippen molar-refractivity contribution in [3.05, 3.63) is 96.5 Å². The molecule has 0 aliphatic heterocycles. The normalized spacial score (nSPS) is 12.6. The molecule has 259 valence electrons. The third-order valence-electron chi connectivity index (χ3n) is 10.7. The topological polar surface area (TPSA) is 76.2 Å². The molecule has 6 heteroatoms. The predicted molar refractivity (Wildman–Crippen MR) is 200 cm³/mol. The van der Waals surface area contributed by atoms with Crippen LogP contribution >= 0.6 is 0 Å². The summed E-state index contributed by atoms with van der Waals surface area (Å²) in [5.74, 6) is 0.286. The summed E-state index contributed by atoms with van der Waals surface area (Å²) in [7, 11) is 0. The number of furan rings is 1. The number of ketones is 1. The number of allylic oxidation sites excluding steroid dienone is 2. The van der Waals surface area contributed by atoms with Gasteiger partial charge in [-0.2, -0.15) is 0 Å². The molecule has 0 fully saturated rings. The summed E-state index contributed by atoms with van der Waals surface area (Å²) >= 11 is 0. The Kier molecular flexibility index (Phi) is 11.6. The van der Waals surface area contributed by atoms with Crippen molar-refractivity contribution in [1.82, 2.24) is 9.97 Å². The molecule has 0 saturated heterocycles. The van der Waals surface area contributed by atoms with Gasteiger partial charge in [-0.3, -0.25) is 9.78 Å². The monoisotopic (exact) mass is 834 g/mol. The van der Waals surface area contributed by atoms with E-state index in [1.807, 2.05) is 59.7 Å². The van der Waals surface area contributed by atoms with E-state index in [-0.39, 0.29) is 47.9 Å². The molecule has 0 amide bonds. The Hall–Kier alpha value is -3.86. The van der Waals surface area contributed by atoms with Crippen LogP contribution in [0.15, 0.2) is 89.3 Å². The van der Waals surface area contributed by atoms with E-state index in [1.165, 1.54) is 11.6 Å². The van der Waals surface area contributed by atoms with Gasteiger partial charge in [-0.25, -0.2) is 4.98 Å². The molecule has 0 saturated carbocycles. The van der Waals surface area contributed by atoms with E-state index in [0.717, 1.165) is 74.8 Å². The number of aliphatic hydroxyl groups excluding tert-OH is 1. The van der Waals surface area contributed by atoms with Gasteiger partial charge in [-0.05, 0) is 48.1 Å². The number of hydrogen-bond acceptors (Lipinski definition) is 5. The molecule has 2 aromatic heterocycles. The van der Waals surface area contributed by atoms with E-state index in [1.54, 1.807) is 6.33 Å². The average molecular weight is 834 g/mol. The van der Waals surface area contributed by atoms with Gasteiger partial charge in [0.2, 0.25) is 5.71 Å². The number of fused-ring (bicyclic) bond motifs is 6. The minimum Gasteiger partial charge on any atom is -0.512 e. The van der Waals surface area contributed by atoms with Crippen molar-refractivity contribution in [2.75, 3.05) is 0 Å². The summed E-state index contributed by atoms with van der Waals surface area (Å²) in [6, 6.07) is 26.7. The number of nitrogens with zero attached hydrogens (tertiary/aromatic N) is 2. The van der Waals surface area contributed by atoms with E-state index in [2.05, 4.69) is 85.3 Å². The largest absolute Gasteiger partial charge is 0.512 e. The zero-order valence-corrected chi connectivity index (χ0v) is 32.7. The standard InChI is InChI=1S/C28H21N2O.C15H28O2.Ir/c1-28(2,3)21-12-10-18-11-13-22-24-25(20-9-8-17-6-4-5-7-19(17)14-20)29-16-30-27(24)31-26(22)23(18)15-21;1-7-14(5,8-2)12(16)11-13(17)15(6,9-3)10-4;/h4-8,10-16H,1-3H3;11,16H,7-10H2,1-6H3;/q-1;;/b;12-11-;. The molecule has 0 bridgehead atoms. The smallest absolute Gasteiger partial charge is 0.221 e. The molecular formula is C43H49IrN2O3-. The molecule has 0 atom stereocenters. The minimum atomic E-state index is -0.337. The van der Waals surface area contributed by atoms with Gasteiger partial charge in [0.1, 0.15) is 17.7 Å². The van der Waals surface area contributed by atoms with Crippen LogP contribution in [0.1, 0.15) is 93.6 Å². The second-order valence-electron chi connectivity index (χ2n) is 14.5. The van der Waals surface area contributed by atoms with Crippen LogP contribution in [-0.4, -0.2) is 20.9 Å². The maximum absolute atomic E-state index is 12.2. The molecule has 2 heterocycles. The third-order valence-corrected chi connectivity index (χ3v) is 10.7. The predicted octanol–water partition coefficient (Wildman–Crippen LogP) is 12.1. The Bertz CT molecular complexity index is 2130. The van der Waals surface area contributed by atoms with Crippen LogP contribution in [-0.2, 0) is 30.3 Å². The number of aromatic nitrogens is 2. The number of benzene rings is 4. The molecule has 6 aromatic rings. The second kappa shape index (κ2) is 14.9. The molecule has 4 aromatic carbocycles. The van der Waals surface area contributed by atoms with Crippen LogP contribution in [0.25, 0.3) is 54.9 Å². The van der Waals surface area contributed by atoms with Gasteiger partial charge < -0.3 is 9.52 Å². The first kappa shape index (κ1) is 37.9. The molecule has 1 N–H and O–H groups in total. The second-order valence-corrected chi connectivity index (χ2v) is 14.5. The molecule has 1 radical (unpaired) electrons. The van der Waals surface area contributed by atoms with Gasteiger partial charge in [0, 0.05) is 58.9 Å². The first-order chi connectivity index (χ1) is 22.8. The zero-order valence-electron chi connectivity index (χ0n) is 30.3. The molecule has 0 aliphatic rings. The van der Waals surface area contributed by atoms with Gasteiger partial charge in [-0.1, -0.05) is 116 Å². The molecule has 6 rings (SSSR count). The van der Waals surface area contributed by atoms with E-state index < -0.39 is 0 Å². The van der Waals surface area contributed by atoms with E-state index in [9.17, 15) is 9.90 Å². The van der Waals surface area contributed by atoms with Crippen molar-refractivity contribution in [2.24, 2.45) is 10.8 Å². The zero-order chi connectivity index (χ0) is 34.9. The van der Waals surface area contributed by atoms with Gasteiger partial charge in [0.25, 0.3) is 0 Å². The Balaban J connectivity index is 0.000000260. The maximum atomic E-state index is 12.2. The number of hydrogen-bond donors (Lipinski definition) is 1. The number of carbonyl (C=O) groups excluding carboxylic acids is 1. The van der Waals surface area contributed by atoms with Crippen LogP contribution < -0.4 is 0 Å². The SMILES string of the molecule is CC(C)(C)c1ccc2ccc3c(oc4ncnc(-c5[c-]cc6ccccc6c5)c43)c2c1.CCC(C)(CC)C(=O)/C=C(\O)C(C)(CC)CC.[Ir]. The quantitative estimate of drug-likeness (QED) is 0.0939. The molecule has 0 aliphatic carbocycles. The van der Waals surface area contributed by atoms with E-state index >= 15 is 0 Å². The van der Waals surface area contributed by atoms with Crippen LogP contribution in [0, 0.1) is 16.9 Å². The van der Waals surface area contributed by atoms with Crippen molar-refractivity contribution in [3.8, 4) is 11.3 Å². The molecule has 5 nitrogen and oxygen atoms in total.